The predicted molar refractivity (Wildman–Crippen MR) is 68.9 cm³/mol. The molecule has 0 aliphatic rings. The van der Waals surface area contributed by atoms with Gasteiger partial charge in [-0.05, 0) is 32.4 Å². The third-order valence-corrected chi connectivity index (χ3v) is 2.68. The number of nitrogens with two attached hydrogens (primary N) is 1. The summed E-state index contributed by atoms with van der Waals surface area (Å²) >= 11 is 0. The molecule has 90 valence electrons. The van der Waals surface area contributed by atoms with Crippen LogP contribution in [0.2, 0.25) is 0 Å². The highest BCUT2D eigenvalue weighted by Crippen LogP contribution is 2.27. The first-order valence-electron chi connectivity index (χ1n) is 5.62. The Morgan fingerprint density at radius 3 is 2.71 bits per heavy atom. The Bertz CT molecular complexity index is 499. The highest BCUT2D eigenvalue weighted by molar-refractivity contribution is 5.70. The fraction of sp³-hybridized carbons (Fsp3) is 0.308. The SMILES string of the molecule is Cc1cnc(C(C)Nc2c(C)cccc2N)o1. The second-order valence-electron chi connectivity index (χ2n) is 4.21. The molecule has 1 heterocycles. The minimum atomic E-state index is -0.00731. The third kappa shape index (κ3) is 2.41. The number of nitrogens with one attached hydrogen (secondary N) is 1. The number of benzene rings is 1. The maximum Gasteiger partial charge on any atom is 0.216 e. The van der Waals surface area contributed by atoms with E-state index in [9.17, 15) is 0 Å². The van der Waals surface area contributed by atoms with E-state index < -0.39 is 0 Å². The molecule has 0 amide bonds. The molecule has 0 bridgehead atoms. The number of hydrogen-bond acceptors (Lipinski definition) is 4. The van der Waals surface area contributed by atoms with Crippen LogP contribution in [0.4, 0.5) is 11.4 Å². The van der Waals surface area contributed by atoms with Crippen molar-refractivity contribution in [2.75, 3.05) is 11.1 Å². The van der Waals surface area contributed by atoms with E-state index in [-0.39, 0.29) is 6.04 Å². The quantitative estimate of drug-likeness (QED) is 0.797. The summed E-state index contributed by atoms with van der Waals surface area (Å²) < 4.78 is 5.48. The smallest absolute Gasteiger partial charge is 0.216 e. The van der Waals surface area contributed by atoms with Gasteiger partial charge in [0.25, 0.3) is 0 Å². The van der Waals surface area contributed by atoms with Gasteiger partial charge in [-0.1, -0.05) is 12.1 Å². The lowest BCUT2D eigenvalue weighted by Crippen LogP contribution is -2.09. The Kier molecular flexibility index (Phi) is 3.04. The van der Waals surface area contributed by atoms with Crippen molar-refractivity contribution in [2.24, 2.45) is 0 Å². The molecule has 2 aromatic rings. The molecule has 1 unspecified atom stereocenters. The number of para-hydroxylation sites is 1. The molecule has 1 atom stereocenters. The van der Waals surface area contributed by atoms with Crippen molar-refractivity contribution >= 4 is 11.4 Å². The zero-order chi connectivity index (χ0) is 12.4. The van der Waals surface area contributed by atoms with Crippen LogP contribution in [0.3, 0.4) is 0 Å². The first-order valence-corrected chi connectivity index (χ1v) is 5.62. The van der Waals surface area contributed by atoms with E-state index in [1.54, 1.807) is 6.20 Å². The van der Waals surface area contributed by atoms with Gasteiger partial charge in [0.2, 0.25) is 5.89 Å². The van der Waals surface area contributed by atoms with Gasteiger partial charge in [-0.3, -0.25) is 0 Å². The summed E-state index contributed by atoms with van der Waals surface area (Å²) in [6.07, 6.45) is 1.72. The third-order valence-electron chi connectivity index (χ3n) is 2.68. The first kappa shape index (κ1) is 11.5. The van der Waals surface area contributed by atoms with Crippen molar-refractivity contribution in [3.05, 3.63) is 41.6 Å². The lowest BCUT2D eigenvalue weighted by atomic mass is 10.1. The molecule has 2 rings (SSSR count). The van der Waals surface area contributed by atoms with Gasteiger partial charge in [0.1, 0.15) is 11.8 Å². The molecule has 0 fully saturated rings. The molecule has 0 aliphatic heterocycles. The van der Waals surface area contributed by atoms with E-state index in [2.05, 4.69) is 10.3 Å². The summed E-state index contributed by atoms with van der Waals surface area (Å²) in [7, 11) is 0. The fourth-order valence-electron chi connectivity index (χ4n) is 1.74. The minimum Gasteiger partial charge on any atom is -0.444 e. The number of oxazole rings is 1. The Morgan fingerprint density at radius 1 is 1.35 bits per heavy atom. The van der Waals surface area contributed by atoms with Crippen molar-refractivity contribution in [2.45, 2.75) is 26.8 Å². The van der Waals surface area contributed by atoms with Crippen LogP contribution in [0.25, 0.3) is 0 Å². The van der Waals surface area contributed by atoms with Crippen molar-refractivity contribution in [1.29, 1.82) is 0 Å². The average molecular weight is 231 g/mol. The van der Waals surface area contributed by atoms with Crippen LogP contribution in [0.1, 0.15) is 30.2 Å². The standard InChI is InChI=1S/C13H17N3O/c1-8-5-4-6-11(14)12(8)16-10(3)13-15-7-9(2)17-13/h4-7,10,16H,14H2,1-3H3. The van der Waals surface area contributed by atoms with E-state index in [4.69, 9.17) is 10.2 Å². The molecule has 0 saturated carbocycles. The summed E-state index contributed by atoms with van der Waals surface area (Å²) in [4.78, 5) is 4.20. The molecular formula is C13H17N3O. The molecule has 0 radical (unpaired) electrons. The summed E-state index contributed by atoms with van der Waals surface area (Å²) in [5, 5.41) is 3.33. The normalized spacial score (nSPS) is 12.4. The molecular weight excluding hydrogens is 214 g/mol. The molecule has 1 aromatic heterocycles. The lowest BCUT2D eigenvalue weighted by Gasteiger charge is -2.16. The maximum absolute atomic E-state index is 5.94. The number of aryl methyl sites for hydroxylation is 2. The van der Waals surface area contributed by atoms with Gasteiger partial charge in [0, 0.05) is 0 Å². The molecule has 4 nitrogen and oxygen atoms in total. The van der Waals surface area contributed by atoms with Crippen molar-refractivity contribution in [1.82, 2.24) is 4.98 Å². The van der Waals surface area contributed by atoms with E-state index in [1.807, 2.05) is 39.0 Å². The van der Waals surface area contributed by atoms with Gasteiger partial charge in [-0.15, -0.1) is 0 Å². The monoisotopic (exact) mass is 231 g/mol. The number of rotatable bonds is 3. The van der Waals surface area contributed by atoms with Gasteiger partial charge < -0.3 is 15.5 Å². The number of hydrogen-bond donors (Lipinski definition) is 2. The van der Waals surface area contributed by atoms with E-state index in [0.717, 1.165) is 22.7 Å². The van der Waals surface area contributed by atoms with Gasteiger partial charge in [0.05, 0.1) is 17.6 Å². The van der Waals surface area contributed by atoms with Crippen molar-refractivity contribution < 1.29 is 4.42 Å². The van der Waals surface area contributed by atoms with Crippen molar-refractivity contribution in [3.63, 3.8) is 0 Å². The van der Waals surface area contributed by atoms with Crippen LogP contribution in [-0.2, 0) is 0 Å². The van der Waals surface area contributed by atoms with Crippen LogP contribution < -0.4 is 11.1 Å². The highest BCUT2D eigenvalue weighted by Gasteiger charge is 2.13. The molecule has 17 heavy (non-hydrogen) atoms. The zero-order valence-corrected chi connectivity index (χ0v) is 10.3. The molecule has 1 aromatic carbocycles. The molecule has 0 saturated heterocycles. The van der Waals surface area contributed by atoms with Gasteiger partial charge >= 0.3 is 0 Å². The van der Waals surface area contributed by atoms with Crippen LogP contribution in [0.15, 0.2) is 28.8 Å². The summed E-state index contributed by atoms with van der Waals surface area (Å²) in [6, 6.07) is 5.83. The largest absolute Gasteiger partial charge is 0.444 e. The Hall–Kier alpha value is -1.97. The Balaban J connectivity index is 2.21. The highest BCUT2D eigenvalue weighted by atomic mass is 16.4. The van der Waals surface area contributed by atoms with Gasteiger partial charge in [-0.25, -0.2) is 4.98 Å². The summed E-state index contributed by atoms with van der Waals surface area (Å²) in [5.74, 6) is 1.48. The van der Waals surface area contributed by atoms with Gasteiger partial charge in [0.15, 0.2) is 0 Å². The fourth-order valence-corrected chi connectivity index (χ4v) is 1.74. The minimum absolute atomic E-state index is 0.00731. The van der Waals surface area contributed by atoms with Crippen molar-refractivity contribution in [3.8, 4) is 0 Å². The molecule has 4 heteroatoms. The second-order valence-corrected chi connectivity index (χ2v) is 4.21. The molecule has 0 aliphatic carbocycles. The Morgan fingerprint density at radius 2 is 2.12 bits per heavy atom. The topological polar surface area (TPSA) is 64.1 Å². The number of aromatic nitrogens is 1. The number of anilines is 2. The lowest BCUT2D eigenvalue weighted by molar-refractivity contribution is 0.453. The average Bonchev–Trinajstić information content (AvgIpc) is 2.70. The van der Waals surface area contributed by atoms with Crippen LogP contribution in [0.5, 0.6) is 0 Å². The van der Waals surface area contributed by atoms with E-state index in [0.29, 0.717) is 5.89 Å². The maximum atomic E-state index is 5.94. The molecule has 3 N–H and O–H groups in total. The number of nitrogen functional groups attached to an aromatic ring is 1. The van der Waals surface area contributed by atoms with Crippen LogP contribution in [0, 0.1) is 13.8 Å². The van der Waals surface area contributed by atoms with Crippen LogP contribution >= 0.6 is 0 Å². The summed E-state index contributed by atoms with van der Waals surface area (Å²) in [5.41, 5.74) is 8.73. The predicted octanol–water partition coefficient (Wildman–Crippen LogP) is 3.05. The zero-order valence-electron chi connectivity index (χ0n) is 10.3. The first-order chi connectivity index (χ1) is 8.08. The van der Waals surface area contributed by atoms with Crippen LogP contribution in [-0.4, -0.2) is 4.98 Å². The Labute approximate surface area is 101 Å². The molecule has 0 spiro atoms. The summed E-state index contributed by atoms with van der Waals surface area (Å²) in [6.45, 7) is 5.90. The van der Waals surface area contributed by atoms with E-state index >= 15 is 0 Å². The second kappa shape index (κ2) is 4.49. The number of nitrogens with zero attached hydrogens (tertiary/aromatic N) is 1. The van der Waals surface area contributed by atoms with Gasteiger partial charge in [-0.2, -0.15) is 0 Å². The van der Waals surface area contributed by atoms with E-state index in [1.165, 1.54) is 0 Å².